The summed E-state index contributed by atoms with van der Waals surface area (Å²) in [5.74, 6) is -0.263. The van der Waals surface area contributed by atoms with Crippen molar-refractivity contribution in [1.82, 2.24) is 0 Å². The summed E-state index contributed by atoms with van der Waals surface area (Å²) >= 11 is 1.80. The smallest absolute Gasteiger partial charge is 0.276 e. The lowest BCUT2D eigenvalue weighted by atomic mass is 9.78. The van der Waals surface area contributed by atoms with Crippen molar-refractivity contribution in [3.8, 4) is 21.6 Å². The molecule has 6 heteroatoms. The lowest BCUT2D eigenvalue weighted by molar-refractivity contribution is -0.179. The SMILES string of the molecule is O=C(COCc1ccccc1)N(OC1CCCCO1)c1cccc(-c2ccc(C3=Cc4ccc5c(c4CC3)CCc3ccccc3-5)s2)c1. The highest BCUT2D eigenvalue weighted by atomic mass is 32.1. The molecule has 0 radical (unpaired) electrons. The molecule has 0 bridgehead atoms. The van der Waals surface area contributed by atoms with E-state index in [4.69, 9.17) is 14.3 Å². The minimum Gasteiger partial charge on any atom is -0.367 e. The topological polar surface area (TPSA) is 48.0 Å². The van der Waals surface area contributed by atoms with Crippen LogP contribution in [-0.2, 0) is 45.0 Å². The van der Waals surface area contributed by atoms with Crippen molar-refractivity contribution < 1.29 is 19.1 Å². The van der Waals surface area contributed by atoms with Crippen LogP contribution in [0.1, 0.15) is 58.4 Å². The average molecular weight is 654 g/mol. The molecular formula is C42H39NO4S. The number of nitrogens with zero attached hydrogens (tertiary/aromatic N) is 1. The van der Waals surface area contributed by atoms with Crippen LogP contribution in [-0.4, -0.2) is 25.4 Å². The third-order valence-corrected chi connectivity index (χ3v) is 10.8. The summed E-state index contributed by atoms with van der Waals surface area (Å²) in [4.78, 5) is 22.2. The van der Waals surface area contributed by atoms with E-state index in [2.05, 4.69) is 60.7 Å². The van der Waals surface area contributed by atoms with E-state index in [9.17, 15) is 4.79 Å². The second-order valence-electron chi connectivity index (χ2n) is 12.8. The minimum atomic E-state index is -0.463. The van der Waals surface area contributed by atoms with E-state index in [0.717, 1.165) is 60.9 Å². The number of allylic oxidation sites excluding steroid dienone is 1. The first-order valence-electron chi connectivity index (χ1n) is 17.1. The fourth-order valence-corrected chi connectivity index (χ4v) is 8.22. The predicted molar refractivity (Wildman–Crippen MR) is 193 cm³/mol. The van der Waals surface area contributed by atoms with Crippen LogP contribution in [0.3, 0.4) is 0 Å². The molecule has 5 nitrogen and oxygen atoms in total. The quantitative estimate of drug-likeness (QED) is 0.149. The summed E-state index contributed by atoms with van der Waals surface area (Å²) in [6.07, 6.45) is 9.03. The molecule has 4 aromatic carbocycles. The van der Waals surface area contributed by atoms with Crippen LogP contribution in [0.5, 0.6) is 0 Å². The Balaban J connectivity index is 1.02. The van der Waals surface area contributed by atoms with Crippen molar-refractivity contribution in [2.24, 2.45) is 0 Å². The van der Waals surface area contributed by atoms with E-state index in [1.165, 1.54) is 48.9 Å². The summed E-state index contributed by atoms with van der Waals surface area (Å²) in [5, 5.41) is 1.37. The van der Waals surface area contributed by atoms with Crippen molar-refractivity contribution in [2.45, 2.75) is 57.8 Å². The molecule has 8 rings (SSSR count). The van der Waals surface area contributed by atoms with Gasteiger partial charge in [0.2, 0.25) is 0 Å². The molecule has 5 aromatic rings. The Hall–Kier alpha value is -4.33. The molecule has 2 heterocycles. The molecule has 0 N–H and O–H groups in total. The van der Waals surface area contributed by atoms with Gasteiger partial charge in [-0.05, 0) is 113 Å². The van der Waals surface area contributed by atoms with E-state index in [1.54, 1.807) is 11.3 Å². The van der Waals surface area contributed by atoms with E-state index >= 15 is 0 Å². The summed E-state index contributed by atoms with van der Waals surface area (Å²) in [7, 11) is 0. The van der Waals surface area contributed by atoms with Crippen LogP contribution in [0.25, 0.3) is 33.2 Å². The molecule has 1 aliphatic heterocycles. The lowest BCUT2D eigenvalue weighted by Gasteiger charge is -2.29. The Morgan fingerprint density at radius 3 is 2.54 bits per heavy atom. The number of fused-ring (bicyclic) bond motifs is 5. The Kier molecular flexibility index (Phi) is 9.05. The van der Waals surface area contributed by atoms with Gasteiger partial charge in [0.15, 0.2) is 6.29 Å². The normalized spacial score (nSPS) is 16.8. The van der Waals surface area contributed by atoms with Crippen molar-refractivity contribution in [1.29, 1.82) is 0 Å². The van der Waals surface area contributed by atoms with E-state index in [1.807, 2.05) is 48.5 Å². The van der Waals surface area contributed by atoms with Gasteiger partial charge in [0, 0.05) is 22.8 Å². The van der Waals surface area contributed by atoms with Crippen molar-refractivity contribution >= 4 is 34.6 Å². The predicted octanol–water partition coefficient (Wildman–Crippen LogP) is 9.68. The molecule has 0 saturated carbocycles. The molecule has 2 aliphatic carbocycles. The number of thiophene rings is 1. The Morgan fingerprint density at radius 2 is 1.65 bits per heavy atom. The molecule has 48 heavy (non-hydrogen) atoms. The van der Waals surface area contributed by atoms with Crippen molar-refractivity contribution in [3.63, 3.8) is 0 Å². The number of anilines is 1. The number of hydroxylamine groups is 1. The second kappa shape index (κ2) is 14.0. The highest BCUT2D eigenvalue weighted by molar-refractivity contribution is 7.16. The van der Waals surface area contributed by atoms with Gasteiger partial charge in [-0.15, -0.1) is 11.3 Å². The maximum absolute atomic E-state index is 13.5. The fourth-order valence-electron chi connectivity index (χ4n) is 7.17. The Labute approximate surface area is 286 Å². The van der Waals surface area contributed by atoms with Crippen LogP contribution in [0.4, 0.5) is 5.69 Å². The summed E-state index contributed by atoms with van der Waals surface area (Å²) in [6, 6.07) is 35.8. The number of amides is 1. The molecule has 1 unspecified atom stereocenters. The molecule has 0 spiro atoms. The maximum atomic E-state index is 13.5. The Bertz CT molecular complexity index is 1960. The number of aryl methyl sites for hydroxylation is 1. The minimum absolute atomic E-state index is 0.0969. The van der Waals surface area contributed by atoms with E-state index in [-0.39, 0.29) is 12.5 Å². The number of carbonyl (C=O) groups is 1. The first kappa shape index (κ1) is 31.0. The van der Waals surface area contributed by atoms with Gasteiger partial charge in [-0.25, -0.2) is 4.84 Å². The third kappa shape index (κ3) is 6.54. The molecule has 1 amide bonds. The molecule has 1 fully saturated rings. The van der Waals surface area contributed by atoms with Gasteiger partial charge in [0.05, 0.1) is 12.3 Å². The second-order valence-corrected chi connectivity index (χ2v) is 13.9. The fraction of sp³-hybridized carbons (Fsp3) is 0.262. The molecule has 242 valence electrons. The van der Waals surface area contributed by atoms with E-state index < -0.39 is 6.29 Å². The van der Waals surface area contributed by atoms with Crippen LogP contribution in [0.2, 0.25) is 0 Å². The van der Waals surface area contributed by atoms with Crippen LogP contribution >= 0.6 is 11.3 Å². The van der Waals surface area contributed by atoms with Gasteiger partial charge in [0.25, 0.3) is 5.91 Å². The average Bonchev–Trinajstić information content (AvgIpc) is 3.65. The number of benzene rings is 4. The standard InChI is InChI=1S/C42H39NO4S/c44-41(28-45-27-29-9-2-1-3-10-29)43(47-42-15-6-7-24-46-42)34-13-8-12-32(26-34)39-22-23-40(48-39)33-18-19-36-31(25-33)17-21-37-35-14-5-4-11-30(35)16-20-38(36)37/h1-5,8-14,17,21-23,25-26,42H,6-7,15-16,18-20,24,27-28H2. The summed E-state index contributed by atoms with van der Waals surface area (Å²) < 4.78 is 11.7. The zero-order chi connectivity index (χ0) is 32.3. The highest BCUT2D eigenvalue weighted by Gasteiger charge is 2.26. The molecule has 1 saturated heterocycles. The maximum Gasteiger partial charge on any atom is 0.276 e. The first-order valence-corrected chi connectivity index (χ1v) is 17.9. The van der Waals surface area contributed by atoms with Gasteiger partial charge >= 0.3 is 0 Å². The summed E-state index contributed by atoms with van der Waals surface area (Å²) in [6.45, 7) is 0.890. The van der Waals surface area contributed by atoms with E-state index in [0.29, 0.717) is 18.9 Å². The number of hydrogen-bond donors (Lipinski definition) is 0. The number of ether oxygens (including phenoxy) is 2. The van der Waals surface area contributed by atoms with Crippen LogP contribution in [0.15, 0.2) is 103 Å². The number of hydrogen-bond acceptors (Lipinski definition) is 5. The largest absolute Gasteiger partial charge is 0.367 e. The monoisotopic (exact) mass is 653 g/mol. The Morgan fingerprint density at radius 1 is 0.792 bits per heavy atom. The van der Waals surface area contributed by atoms with Gasteiger partial charge in [-0.1, -0.05) is 84.9 Å². The van der Waals surface area contributed by atoms with Gasteiger partial charge in [0.1, 0.15) is 6.61 Å². The highest BCUT2D eigenvalue weighted by Crippen LogP contribution is 2.42. The zero-order valence-corrected chi connectivity index (χ0v) is 27.8. The molecule has 1 atom stereocenters. The van der Waals surface area contributed by atoms with Crippen molar-refractivity contribution in [3.05, 3.63) is 136 Å². The van der Waals surface area contributed by atoms with Gasteiger partial charge < -0.3 is 9.47 Å². The van der Waals surface area contributed by atoms with Gasteiger partial charge in [-0.3, -0.25) is 4.79 Å². The third-order valence-electron chi connectivity index (χ3n) is 9.61. The zero-order valence-electron chi connectivity index (χ0n) is 27.0. The molecule has 3 aliphatic rings. The van der Waals surface area contributed by atoms with Crippen LogP contribution in [0, 0.1) is 0 Å². The van der Waals surface area contributed by atoms with Gasteiger partial charge in [-0.2, -0.15) is 5.06 Å². The lowest BCUT2D eigenvalue weighted by Crippen LogP contribution is -2.39. The summed E-state index contributed by atoms with van der Waals surface area (Å²) in [5.41, 5.74) is 12.8. The first-order chi connectivity index (χ1) is 23.7. The molecular weight excluding hydrogens is 615 g/mol. The van der Waals surface area contributed by atoms with Crippen molar-refractivity contribution in [2.75, 3.05) is 18.3 Å². The van der Waals surface area contributed by atoms with Crippen LogP contribution < -0.4 is 5.06 Å². The number of carbonyl (C=O) groups excluding carboxylic acids is 1. The number of rotatable bonds is 9. The molecule has 1 aromatic heterocycles.